The monoisotopic (exact) mass is 228 g/mol. The Labute approximate surface area is 94.3 Å². The molecule has 0 spiro atoms. The lowest BCUT2D eigenvalue weighted by Crippen LogP contribution is -2.17. The third-order valence-electron chi connectivity index (χ3n) is 1.76. The smallest absolute Gasteiger partial charge is 0.306 e. The second kappa shape index (κ2) is 7.56. The van der Waals surface area contributed by atoms with Gasteiger partial charge in [0, 0.05) is 0 Å². The summed E-state index contributed by atoms with van der Waals surface area (Å²) in [7, 11) is 0. The maximum Gasteiger partial charge on any atom is 0.445 e. The van der Waals surface area contributed by atoms with E-state index in [9.17, 15) is 9.59 Å². The topological polar surface area (TPSA) is 77.3 Å². The summed E-state index contributed by atoms with van der Waals surface area (Å²) in [5, 5.41) is 6.86. The fourth-order valence-corrected chi connectivity index (χ4v) is 0.442. The summed E-state index contributed by atoms with van der Waals surface area (Å²) in [6, 6.07) is 0. The molecule has 0 aromatic rings. The molecule has 0 N–H and O–H groups in total. The normalized spacial score (nSPS) is 12.2. The minimum atomic E-state index is -1.18. The molecule has 0 fully saturated rings. The first-order valence-corrected chi connectivity index (χ1v) is 5.00. The van der Waals surface area contributed by atoms with E-state index in [2.05, 4.69) is 20.0 Å². The Bertz CT molecular complexity index is 289. The van der Waals surface area contributed by atoms with Gasteiger partial charge in [0.15, 0.2) is 0 Å². The van der Waals surface area contributed by atoms with Gasteiger partial charge in [-0.3, -0.25) is 0 Å². The lowest BCUT2D eigenvalue weighted by molar-refractivity contribution is -0.167. The summed E-state index contributed by atoms with van der Waals surface area (Å²) >= 11 is 0. The second-order valence-electron chi connectivity index (χ2n) is 3.12. The first-order valence-electron chi connectivity index (χ1n) is 5.00. The molecule has 0 bridgehead atoms. The summed E-state index contributed by atoms with van der Waals surface area (Å²) in [6.45, 7) is 7.05. The van der Waals surface area contributed by atoms with Gasteiger partial charge in [-0.25, -0.2) is 9.59 Å². The van der Waals surface area contributed by atoms with Crippen LogP contribution in [-0.2, 0) is 19.3 Å². The largest absolute Gasteiger partial charge is 0.445 e. The highest BCUT2D eigenvalue weighted by atomic mass is 16.7. The zero-order valence-corrected chi connectivity index (χ0v) is 9.94. The van der Waals surface area contributed by atoms with Crippen molar-refractivity contribution in [3.05, 3.63) is 0 Å². The van der Waals surface area contributed by atoms with Crippen LogP contribution in [0.15, 0.2) is 10.3 Å². The van der Waals surface area contributed by atoms with E-state index >= 15 is 0 Å². The lowest BCUT2D eigenvalue weighted by atomic mass is 10.3. The van der Waals surface area contributed by atoms with Crippen molar-refractivity contribution < 1.29 is 19.3 Å². The second-order valence-corrected chi connectivity index (χ2v) is 3.12. The van der Waals surface area contributed by atoms with E-state index in [0.717, 1.165) is 0 Å². The number of nitrogens with zero attached hydrogens (tertiary/aromatic N) is 2. The Morgan fingerprint density at radius 3 is 1.44 bits per heavy atom. The molecule has 0 heterocycles. The highest BCUT2D eigenvalue weighted by molar-refractivity contribution is 6.29. The maximum atomic E-state index is 11.0. The number of hydrogen-bond acceptors (Lipinski definition) is 6. The molecule has 0 amide bonds. The Morgan fingerprint density at radius 1 is 0.875 bits per heavy atom. The average Bonchev–Trinajstić information content (AvgIpc) is 2.31. The molecule has 0 saturated heterocycles. The van der Waals surface area contributed by atoms with Crippen LogP contribution in [0.4, 0.5) is 0 Å². The van der Waals surface area contributed by atoms with E-state index in [-0.39, 0.29) is 0 Å². The van der Waals surface area contributed by atoms with Crippen molar-refractivity contribution in [3.8, 4) is 0 Å². The maximum absolute atomic E-state index is 11.0. The van der Waals surface area contributed by atoms with Crippen LogP contribution in [-0.4, -0.2) is 23.4 Å². The van der Waals surface area contributed by atoms with Crippen molar-refractivity contribution in [1.82, 2.24) is 0 Å². The number of carbonyl (C=O) groups excluding carboxylic acids is 2. The summed E-state index contributed by atoms with van der Waals surface area (Å²) in [5.74, 6) is -2.36. The van der Waals surface area contributed by atoms with E-state index in [1.807, 2.05) is 13.8 Å². The van der Waals surface area contributed by atoms with Gasteiger partial charge in [0.25, 0.3) is 0 Å². The van der Waals surface area contributed by atoms with Crippen LogP contribution < -0.4 is 0 Å². The van der Waals surface area contributed by atoms with Gasteiger partial charge in [-0.15, -0.1) is 0 Å². The van der Waals surface area contributed by atoms with E-state index < -0.39 is 11.9 Å². The molecule has 0 atom stereocenters. The number of oxime groups is 2. The zero-order chi connectivity index (χ0) is 12.6. The molecule has 0 aromatic heterocycles. The van der Waals surface area contributed by atoms with E-state index in [1.54, 1.807) is 13.8 Å². The van der Waals surface area contributed by atoms with Gasteiger partial charge >= 0.3 is 11.9 Å². The third kappa shape index (κ3) is 5.90. The Hall–Kier alpha value is -1.72. The van der Waals surface area contributed by atoms with Crippen molar-refractivity contribution in [2.45, 2.75) is 40.5 Å². The summed E-state index contributed by atoms with van der Waals surface area (Å²) in [6.07, 6.45) is 1.27. The van der Waals surface area contributed by atoms with Gasteiger partial charge < -0.3 is 9.68 Å². The van der Waals surface area contributed by atoms with Gasteiger partial charge in [-0.1, -0.05) is 24.2 Å². The van der Waals surface area contributed by atoms with Crippen molar-refractivity contribution >= 4 is 23.4 Å². The van der Waals surface area contributed by atoms with Crippen LogP contribution in [0.3, 0.4) is 0 Å². The van der Waals surface area contributed by atoms with E-state index in [4.69, 9.17) is 0 Å². The Kier molecular flexibility index (Phi) is 6.74. The fourth-order valence-electron chi connectivity index (χ4n) is 0.442. The molecular weight excluding hydrogens is 212 g/mol. The van der Waals surface area contributed by atoms with E-state index in [0.29, 0.717) is 24.3 Å². The van der Waals surface area contributed by atoms with Crippen LogP contribution in [0, 0.1) is 0 Å². The molecule has 0 aliphatic carbocycles. The molecule has 6 nitrogen and oxygen atoms in total. The SMILES string of the molecule is CC/C(C)=N\OC(=O)C(=O)O/N=C(\C)CC. The highest BCUT2D eigenvalue weighted by Gasteiger charge is 2.18. The van der Waals surface area contributed by atoms with Crippen molar-refractivity contribution in [2.75, 3.05) is 0 Å². The summed E-state index contributed by atoms with van der Waals surface area (Å²) in [5.41, 5.74) is 1.21. The fraction of sp³-hybridized carbons (Fsp3) is 0.600. The molecular formula is C10H16N2O4. The number of hydrogen-bond donors (Lipinski definition) is 0. The summed E-state index contributed by atoms with van der Waals surface area (Å²) in [4.78, 5) is 30.6. The van der Waals surface area contributed by atoms with Crippen molar-refractivity contribution in [1.29, 1.82) is 0 Å². The Morgan fingerprint density at radius 2 is 1.19 bits per heavy atom. The van der Waals surface area contributed by atoms with Crippen molar-refractivity contribution in [2.24, 2.45) is 10.3 Å². The standard InChI is InChI=1S/C10H16N2O4/c1-5-7(3)11-15-9(13)10(14)16-12-8(4)6-2/h5-6H2,1-4H3/b11-7-,12-8+. The minimum Gasteiger partial charge on any atom is -0.306 e. The highest BCUT2D eigenvalue weighted by Crippen LogP contribution is 1.92. The molecule has 0 aromatic carbocycles. The molecule has 0 aliphatic rings. The minimum absolute atomic E-state index is 0.606. The molecule has 0 rings (SSSR count). The average molecular weight is 228 g/mol. The quantitative estimate of drug-likeness (QED) is 0.317. The third-order valence-corrected chi connectivity index (χ3v) is 1.76. The molecule has 0 aliphatic heterocycles. The zero-order valence-electron chi connectivity index (χ0n) is 9.94. The van der Waals surface area contributed by atoms with Crippen LogP contribution in [0.5, 0.6) is 0 Å². The predicted molar refractivity (Wildman–Crippen MR) is 59.0 cm³/mol. The van der Waals surface area contributed by atoms with Crippen LogP contribution in [0.2, 0.25) is 0 Å². The Balaban J connectivity index is 4.16. The number of rotatable bonds is 4. The molecule has 16 heavy (non-hydrogen) atoms. The van der Waals surface area contributed by atoms with Gasteiger partial charge in [-0.2, -0.15) is 0 Å². The summed E-state index contributed by atoms with van der Waals surface area (Å²) < 4.78 is 0. The molecule has 6 heteroatoms. The van der Waals surface area contributed by atoms with Gasteiger partial charge in [-0.05, 0) is 26.7 Å². The van der Waals surface area contributed by atoms with Gasteiger partial charge in [0.05, 0.1) is 11.4 Å². The van der Waals surface area contributed by atoms with Gasteiger partial charge in [0.2, 0.25) is 0 Å². The first-order chi connectivity index (χ1) is 7.51. The van der Waals surface area contributed by atoms with Gasteiger partial charge in [0.1, 0.15) is 0 Å². The van der Waals surface area contributed by atoms with Crippen molar-refractivity contribution in [3.63, 3.8) is 0 Å². The van der Waals surface area contributed by atoms with Crippen LogP contribution in [0.25, 0.3) is 0 Å². The molecule has 0 radical (unpaired) electrons. The predicted octanol–water partition coefficient (Wildman–Crippen LogP) is 1.64. The lowest BCUT2D eigenvalue weighted by Gasteiger charge is -1.97. The molecule has 0 unspecified atom stereocenters. The first kappa shape index (κ1) is 14.3. The van der Waals surface area contributed by atoms with Crippen LogP contribution >= 0.6 is 0 Å². The molecule has 90 valence electrons. The molecule has 0 saturated carbocycles. The van der Waals surface area contributed by atoms with E-state index in [1.165, 1.54) is 0 Å². The van der Waals surface area contributed by atoms with Crippen LogP contribution in [0.1, 0.15) is 40.5 Å². The number of carbonyl (C=O) groups is 2.